The fraction of sp³-hybridized carbons (Fsp3) is 0.538. The minimum absolute atomic E-state index is 0.00109. The molecule has 1 aliphatic heterocycles. The molecule has 0 unspecified atom stereocenters. The quantitative estimate of drug-likeness (QED) is 0.673. The van der Waals surface area contributed by atoms with Gasteiger partial charge in [-0.05, 0) is 25.0 Å². The highest BCUT2D eigenvalue weighted by atomic mass is 79.9. The smallest absolute Gasteiger partial charge is 0.223 e. The number of amides is 1. The van der Waals surface area contributed by atoms with E-state index in [9.17, 15) is 9.59 Å². The third-order valence-electron chi connectivity index (χ3n) is 3.24. The number of thiophene rings is 1. The average molecular weight is 346 g/mol. The van der Waals surface area contributed by atoms with Gasteiger partial charge in [0.2, 0.25) is 5.91 Å². The van der Waals surface area contributed by atoms with E-state index in [1.54, 1.807) is 7.05 Å². The molecular weight excluding hydrogens is 330 g/mol. The van der Waals surface area contributed by atoms with Gasteiger partial charge in [0.15, 0.2) is 5.78 Å². The molecule has 2 atom stereocenters. The molecule has 1 fully saturated rings. The highest BCUT2D eigenvalue weighted by Gasteiger charge is 2.29. The second-order valence-electron chi connectivity index (χ2n) is 4.45. The molecule has 2 heterocycles. The summed E-state index contributed by atoms with van der Waals surface area (Å²) in [5.74, 6) is 0.151. The number of hydrogen-bond acceptors (Lipinski definition) is 4. The molecule has 19 heavy (non-hydrogen) atoms. The van der Waals surface area contributed by atoms with Crippen LogP contribution in [0.15, 0.2) is 12.1 Å². The Bertz CT molecular complexity index is 474. The second-order valence-corrected chi connectivity index (χ2v) is 6.13. The van der Waals surface area contributed by atoms with E-state index >= 15 is 0 Å². The fourth-order valence-corrected chi connectivity index (χ4v) is 3.67. The molecule has 1 aliphatic rings. The lowest BCUT2D eigenvalue weighted by atomic mass is 9.94. The number of Topliss-reactive ketones (excluding diaryl/α,β-unsaturated/α-hetero) is 1. The molecule has 0 aliphatic carbocycles. The van der Waals surface area contributed by atoms with Gasteiger partial charge in [-0.2, -0.15) is 0 Å². The van der Waals surface area contributed by atoms with Crippen molar-refractivity contribution in [2.75, 3.05) is 19.0 Å². The molecule has 6 heteroatoms. The van der Waals surface area contributed by atoms with Gasteiger partial charge in [0.25, 0.3) is 0 Å². The van der Waals surface area contributed by atoms with E-state index in [2.05, 4.69) is 21.2 Å². The van der Waals surface area contributed by atoms with Crippen LogP contribution in [0.2, 0.25) is 0 Å². The van der Waals surface area contributed by atoms with E-state index in [0.29, 0.717) is 18.4 Å². The molecule has 1 aromatic rings. The number of carbonyl (C=O) groups excluding carboxylic acids is 2. The van der Waals surface area contributed by atoms with E-state index in [1.165, 1.54) is 11.3 Å². The summed E-state index contributed by atoms with van der Waals surface area (Å²) in [6.07, 6.45) is 1.37. The Morgan fingerprint density at radius 2 is 2.32 bits per heavy atom. The normalized spacial score (nSPS) is 23.1. The molecule has 104 valence electrons. The van der Waals surface area contributed by atoms with Crippen LogP contribution in [0.25, 0.3) is 0 Å². The van der Waals surface area contributed by atoms with Gasteiger partial charge in [0, 0.05) is 24.4 Å². The number of nitrogens with one attached hydrogen (secondary N) is 1. The van der Waals surface area contributed by atoms with Gasteiger partial charge in [-0.3, -0.25) is 9.59 Å². The number of ether oxygens (including phenoxy) is 1. The van der Waals surface area contributed by atoms with Gasteiger partial charge in [-0.15, -0.1) is 11.3 Å². The summed E-state index contributed by atoms with van der Waals surface area (Å²) in [7, 11) is 1.66. The van der Waals surface area contributed by atoms with Crippen LogP contribution in [0, 0.1) is 5.92 Å². The van der Waals surface area contributed by atoms with E-state index in [0.717, 1.165) is 16.2 Å². The van der Waals surface area contributed by atoms with Gasteiger partial charge in [-0.1, -0.05) is 15.9 Å². The van der Waals surface area contributed by atoms with E-state index in [-0.39, 0.29) is 23.7 Å². The minimum atomic E-state index is -0.0714. The van der Waals surface area contributed by atoms with Crippen molar-refractivity contribution in [1.82, 2.24) is 5.32 Å². The first kappa shape index (κ1) is 14.7. The molecule has 0 aromatic carbocycles. The molecule has 1 aromatic heterocycles. The molecule has 1 saturated heterocycles. The Kier molecular flexibility index (Phi) is 5.13. The fourth-order valence-electron chi connectivity index (χ4n) is 2.18. The summed E-state index contributed by atoms with van der Waals surface area (Å²) in [5.41, 5.74) is 0. The van der Waals surface area contributed by atoms with E-state index in [1.807, 2.05) is 12.1 Å². The number of halogens is 1. The SMILES string of the molecule is CNC(=O)[C@H]1CCO[C@@H](c2ccc(C(=O)CBr)s2)C1. The highest BCUT2D eigenvalue weighted by Crippen LogP contribution is 2.35. The van der Waals surface area contributed by atoms with Crippen LogP contribution in [0.1, 0.15) is 33.5 Å². The lowest BCUT2D eigenvalue weighted by Crippen LogP contribution is -2.32. The molecule has 0 saturated carbocycles. The summed E-state index contributed by atoms with van der Waals surface area (Å²) in [4.78, 5) is 25.0. The number of rotatable bonds is 4. The largest absolute Gasteiger partial charge is 0.373 e. The van der Waals surface area contributed by atoms with Gasteiger partial charge >= 0.3 is 0 Å². The van der Waals surface area contributed by atoms with Gasteiger partial charge < -0.3 is 10.1 Å². The van der Waals surface area contributed by atoms with Gasteiger partial charge in [-0.25, -0.2) is 0 Å². The van der Waals surface area contributed by atoms with Crippen LogP contribution in [0.5, 0.6) is 0 Å². The third-order valence-corrected chi connectivity index (χ3v) is 4.97. The Labute approximate surface area is 124 Å². The molecule has 4 nitrogen and oxygen atoms in total. The zero-order valence-corrected chi connectivity index (χ0v) is 13.1. The maximum Gasteiger partial charge on any atom is 0.223 e. The Morgan fingerprint density at radius 3 is 3.00 bits per heavy atom. The number of ketones is 1. The van der Waals surface area contributed by atoms with Crippen molar-refractivity contribution in [3.63, 3.8) is 0 Å². The first-order valence-corrected chi connectivity index (χ1v) is 8.11. The Morgan fingerprint density at radius 1 is 1.53 bits per heavy atom. The number of hydrogen-bond donors (Lipinski definition) is 1. The lowest BCUT2D eigenvalue weighted by Gasteiger charge is -2.27. The summed E-state index contributed by atoms with van der Waals surface area (Å²) >= 11 is 4.62. The monoisotopic (exact) mass is 345 g/mol. The first-order valence-electron chi connectivity index (χ1n) is 6.17. The predicted octanol–water partition coefficient (Wildman–Crippen LogP) is 2.54. The molecule has 0 spiro atoms. The highest BCUT2D eigenvalue weighted by molar-refractivity contribution is 9.09. The van der Waals surface area contributed by atoms with E-state index < -0.39 is 0 Å². The summed E-state index contributed by atoms with van der Waals surface area (Å²) in [5, 5.41) is 3.02. The van der Waals surface area contributed by atoms with Crippen LogP contribution < -0.4 is 5.32 Å². The summed E-state index contributed by atoms with van der Waals surface area (Å²) in [6.45, 7) is 0.586. The zero-order valence-electron chi connectivity index (χ0n) is 10.6. The van der Waals surface area contributed by atoms with Crippen molar-refractivity contribution < 1.29 is 14.3 Å². The van der Waals surface area contributed by atoms with Crippen molar-refractivity contribution in [1.29, 1.82) is 0 Å². The van der Waals surface area contributed by atoms with Gasteiger partial charge in [0.1, 0.15) is 0 Å². The first-order chi connectivity index (χ1) is 9.15. The Balaban J connectivity index is 2.07. The van der Waals surface area contributed by atoms with Crippen molar-refractivity contribution in [2.24, 2.45) is 5.92 Å². The average Bonchev–Trinajstić information content (AvgIpc) is 2.95. The number of carbonyl (C=O) groups is 2. The zero-order chi connectivity index (χ0) is 13.8. The lowest BCUT2D eigenvalue weighted by molar-refractivity contribution is -0.129. The topological polar surface area (TPSA) is 55.4 Å². The molecule has 0 bridgehead atoms. The maximum atomic E-state index is 11.7. The molecule has 2 rings (SSSR count). The third kappa shape index (κ3) is 3.43. The molecule has 1 N–H and O–H groups in total. The molecule has 1 amide bonds. The summed E-state index contributed by atoms with van der Waals surface area (Å²) in [6, 6.07) is 3.76. The van der Waals surface area contributed by atoms with Crippen LogP contribution in [0.4, 0.5) is 0 Å². The van der Waals surface area contributed by atoms with Crippen LogP contribution in [-0.4, -0.2) is 30.7 Å². The van der Waals surface area contributed by atoms with Crippen molar-refractivity contribution >= 4 is 39.0 Å². The number of alkyl halides is 1. The van der Waals surface area contributed by atoms with Crippen molar-refractivity contribution in [3.8, 4) is 0 Å². The van der Waals surface area contributed by atoms with Crippen molar-refractivity contribution in [3.05, 3.63) is 21.9 Å². The standard InChI is InChI=1S/C13H16BrNO3S/c1-15-13(17)8-4-5-18-10(6-8)12-3-2-11(19-12)9(16)7-14/h2-3,8,10H,4-7H2,1H3,(H,15,17)/t8-,10+/m0/s1. The van der Waals surface area contributed by atoms with Crippen LogP contribution in [0.3, 0.4) is 0 Å². The van der Waals surface area contributed by atoms with Crippen LogP contribution >= 0.6 is 27.3 Å². The summed E-state index contributed by atoms with van der Waals surface area (Å²) < 4.78 is 5.72. The predicted molar refractivity (Wildman–Crippen MR) is 77.9 cm³/mol. The van der Waals surface area contributed by atoms with Crippen molar-refractivity contribution in [2.45, 2.75) is 18.9 Å². The van der Waals surface area contributed by atoms with Gasteiger partial charge in [0.05, 0.1) is 16.3 Å². The maximum absolute atomic E-state index is 11.7. The van der Waals surface area contributed by atoms with E-state index in [4.69, 9.17) is 4.74 Å². The molecular formula is C13H16BrNO3S. The Hall–Kier alpha value is -0.720. The van der Waals surface area contributed by atoms with Crippen LogP contribution in [-0.2, 0) is 9.53 Å². The second kappa shape index (κ2) is 6.63. The minimum Gasteiger partial charge on any atom is -0.373 e. The molecule has 0 radical (unpaired) electrons.